The molecule has 1 aromatic carbocycles. The standard InChI is InChI=1S/C16H13Br2ClFN5O/c1-8-13(18)14(22-24(8)2)16(26)21-15-10(17)7-25(23-15)6-9-11(19)4-3-5-12(9)20/h3-5,7H,6H2,1-2H3,(H,21,23,26). The molecule has 0 saturated carbocycles. The van der Waals surface area contributed by atoms with Crippen LogP contribution in [0.1, 0.15) is 21.7 Å². The summed E-state index contributed by atoms with van der Waals surface area (Å²) in [5, 5.41) is 11.5. The smallest absolute Gasteiger partial charge is 0.278 e. The second kappa shape index (κ2) is 7.50. The van der Waals surface area contributed by atoms with Gasteiger partial charge in [0.15, 0.2) is 11.5 Å². The van der Waals surface area contributed by atoms with E-state index < -0.39 is 11.7 Å². The molecule has 10 heteroatoms. The highest BCUT2D eigenvalue weighted by Crippen LogP contribution is 2.26. The molecule has 0 radical (unpaired) electrons. The second-order valence-corrected chi connectivity index (χ2v) is 7.60. The van der Waals surface area contributed by atoms with Crippen LogP contribution < -0.4 is 5.32 Å². The Labute approximate surface area is 170 Å². The molecule has 2 aromatic heterocycles. The molecule has 0 bridgehead atoms. The predicted molar refractivity (Wildman–Crippen MR) is 104 cm³/mol. The number of rotatable bonds is 4. The highest BCUT2D eigenvalue weighted by atomic mass is 79.9. The lowest BCUT2D eigenvalue weighted by molar-refractivity contribution is 0.102. The van der Waals surface area contributed by atoms with Gasteiger partial charge in [-0.05, 0) is 50.9 Å². The summed E-state index contributed by atoms with van der Waals surface area (Å²) in [6.45, 7) is 1.98. The second-order valence-electron chi connectivity index (χ2n) is 5.55. The third kappa shape index (κ3) is 3.70. The van der Waals surface area contributed by atoms with Crippen LogP contribution in [0.4, 0.5) is 10.2 Å². The molecule has 0 aliphatic rings. The number of benzene rings is 1. The van der Waals surface area contributed by atoms with Gasteiger partial charge in [0.1, 0.15) is 5.82 Å². The number of aromatic nitrogens is 4. The maximum Gasteiger partial charge on any atom is 0.278 e. The van der Waals surface area contributed by atoms with Crippen molar-refractivity contribution in [1.82, 2.24) is 19.6 Å². The van der Waals surface area contributed by atoms with Crippen molar-refractivity contribution in [2.24, 2.45) is 7.05 Å². The number of aryl methyl sites for hydroxylation is 1. The van der Waals surface area contributed by atoms with E-state index in [-0.39, 0.29) is 12.2 Å². The van der Waals surface area contributed by atoms with E-state index in [0.29, 0.717) is 25.3 Å². The van der Waals surface area contributed by atoms with Crippen molar-refractivity contribution < 1.29 is 9.18 Å². The number of nitrogens with one attached hydrogen (secondary N) is 1. The summed E-state index contributed by atoms with van der Waals surface area (Å²) < 4.78 is 18.2. The maximum absolute atomic E-state index is 13.9. The Morgan fingerprint density at radius 2 is 2.08 bits per heavy atom. The van der Waals surface area contributed by atoms with Crippen LogP contribution in [-0.2, 0) is 13.6 Å². The molecule has 0 aliphatic heterocycles. The summed E-state index contributed by atoms with van der Waals surface area (Å²) in [5.74, 6) is -0.518. The van der Waals surface area contributed by atoms with Crippen molar-refractivity contribution >= 4 is 55.2 Å². The Hall–Kier alpha value is -1.71. The first kappa shape index (κ1) is 19.1. The molecular weight excluding hydrogens is 492 g/mol. The molecule has 0 saturated heterocycles. The summed E-state index contributed by atoms with van der Waals surface area (Å²) in [7, 11) is 1.75. The van der Waals surface area contributed by atoms with Gasteiger partial charge in [-0.2, -0.15) is 10.2 Å². The number of hydrogen-bond donors (Lipinski definition) is 1. The monoisotopic (exact) mass is 503 g/mol. The highest BCUT2D eigenvalue weighted by Gasteiger charge is 2.20. The number of hydrogen-bond acceptors (Lipinski definition) is 3. The fourth-order valence-electron chi connectivity index (χ4n) is 2.30. The Morgan fingerprint density at radius 3 is 2.69 bits per heavy atom. The molecule has 0 aliphatic carbocycles. The fraction of sp³-hybridized carbons (Fsp3) is 0.188. The highest BCUT2D eigenvalue weighted by molar-refractivity contribution is 9.11. The van der Waals surface area contributed by atoms with Gasteiger partial charge in [0, 0.05) is 23.8 Å². The van der Waals surface area contributed by atoms with Gasteiger partial charge >= 0.3 is 0 Å². The van der Waals surface area contributed by atoms with Crippen LogP contribution >= 0.6 is 43.5 Å². The van der Waals surface area contributed by atoms with Crippen molar-refractivity contribution in [1.29, 1.82) is 0 Å². The Morgan fingerprint density at radius 1 is 1.35 bits per heavy atom. The number of carbonyl (C=O) groups excluding carboxylic acids is 1. The van der Waals surface area contributed by atoms with E-state index >= 15 is 0 Å². The van der Waals surface area contributed by atoms with E-state index in [1.807, 2.05) is 6.92 Å². The van der Waals surface area contributed by atoms with E-state index in [2.05, 4.69) is 47.4 Å². The molecule has 1 N–H and O–H groups in total. The Kier molecular flexibility index (Phi) is 5.50. The van der Waals surface area contributed by atoms with Gasteiger partial charge in [-0.25, -0.2) is 4.39 Å². The van der Waals surface area contributed by atoms with Crippen LogP contribution in [0, 0.1) is 12.7 Å². The molecule has 1 amide bonds. The minimum atomic E-state index is -0.414. The number of amides is 1. The van der Waals surface area contributed by atoms with Crippen LogP contribution in [0.3, 0.4) is 0 Å². The van der Waals surface area contributed by atoms with Crippen LogP contribution in [0.25, 0.3) is 0 Å². The van der Waals surface area contributed by atoms with Crippen molar-refractivity contribution in [2.75, 3.05) is 5.32 Å². The average Bonchev–Trinajstić information content (AvgIpc) is 3.05. The van der Waals surface area contributed by atoms with Crippen LogP contribution in [-0.4, -0.2) is 25.5 Å². The Balaban J connectivity index is 1.82. The summed E-state index contributed by atoms with van der Waals surface area (Å²) in [6.07, 6.45) is 1.64. The van der Waals surface area contributed by atoms with Crippen molar-refractivity contribution in [3.8, 4) is 0 Å². The molecule has 2 heterocycles. The average molecular weight is 506 g/mol. The zero-order valence-electron chi connectivity index (χ0n) is 13.7. The molecule has 0 fully saturated rings. The molecule has 0 atom stereocenters. The fourth-order valence-corrected chi connectivity index (χ4v) is 3.46. The topological polar surface area (TPSA) is 64.7 Å². The lowest BCUT2D eigenvalue weighted by atomic mass is 10.2. The van der Waals surface area contributed by atoms with E-state index in [1.165, 1.54) is 10.7 Å². The molecule has 3 aromatic rings. The van der Waals surface area contributed by atoms with E-state index in [9.17, 15) is 9.18 Å². The van der Waals surface area contributed by atoms with Crippen molar-refractivity contribution in [3.63, 3.8) is 0 Å². The van der Waals surface area contributed by atoms with Gasteiger partial charge < -0.3 is 5.32 Å². The molecule has 0 unspecified atom stereocenters. The van der Waals surface area contributed by atoms with Gasteiger partial charge in [0.2, 0.25) is 0 Å². The van der Waals surface area contributed by atoms with Gasteiger partial charge in [0.25, 0.3) is 5.91 Å². The molecule has 6 nitrogen and oxygen atoms in total. The first-order valence-electron chi connectivity index (χ1n) is 7.44. The van der Waals surface area contributed by atoms with E-state index in [0.717, 1.165) is 5.69 Å². The summed E-state index contributed by atoms with van der Waals surface area (Å²) in [5.41, 5.74) is 1.41. The first-order chi connectivity index (χ1) is 12.3. The zero-order valence-corrected chi connectivity index (χ0v) is 17.7. The SMILES string of the molecule is Cc1c(Br)c(C(=O)Nc2nn(Cc3c(F)cccc3Cl)cc2Br)nn1C. The van der Waals surface area contributed by atoms with E-state index in [1.54, 1.807) is 30.1 Å². The molecule has 0 spiro atoms. The van der Waals surface area contributed by atoms with Crippen molar-refractivity contribution in [2.45, 2.75) is 13.5 Å². The lowest BCUT2D eigenvalue weighted by Crippen LogP contribution is -2.15. The van der Waals surface area contributed by atoms with Crippen molar-refractivity contribution in [3.05, 3.63) is 61.1 Å². The van der Waals surface area contributed by atoms with Gasteiger partial charge in [-0.1, -0.05) is 17.7 Å². The Bertz CT molecular complexity index is 981. The summed E-state index contributed by atoms with van der Waals surface area (Å²) in [6, 6.07) is 4.49. The number of anilines is 1. The molecule has 3 rings (SSSR count). The summed E-state index contributed by atoms with van der Waals surface area (Å²) >= 11 is 12.8. The minimum Gasteiger partial charge on any atom is -0.303 e. The van der Waals surface area contributed by atoms with Gasteiger partial charge in [0.05, 0.1) is 21.2 Å². The normalized spacial score (nSPS) is 11.0. The zero-order chi connectivity index (χ0) is 19.0. The predicted octanol–water partition coefficient (Wildman–Crippen LogP) is 4.54. The number of nitrogens with zero attached hydrogens (tertiary/aromatic N) is 4. The molecular formula is C16H13Br2ClFN5O. The third-order valence-electron chi connectivity index (χ3n) is 3.81. The van der Waals surface area contributed by atoms with Crippen LogP contribution in [0.5, 0.6) is 0 Å². The minimum absolute atomic E-state index is 0.131. The van der Waals surface area contributed by atoms with Crippen LogP contribution in [0.2, 0.25) is 5.02 Å². The molecule has 136 valence electrons. The van der Waals surface area contributed by atoms with Gasteiger partial charge in [-0.15, -0.1) is 0 Å². The lowest BCUT2D eigenvalue weighted by Gasteiger charge is -2.06. The first-order valence-corrected chi connectivity index (χ1v) is 9.40. The molecule has 26 heavy (non-hydrogen) atoms. The maximum atomic E-state index is 13.9. The largest absolute Gasteiger partial charge is 0.303 e. The number of halogens is 4. The summed E-state index contributed by atoms with van der Waals surface area (Å²) in [4.78, 5) is 12.5. The third-order valence-corrected chi connectivity index (χ3v) is 5.69. The van der Waals surface area contributed by atoms with Crippen LogP contribution in [0.15, 0.2) is 33.3 Å². The number of carbonyl (C=O) groups is 1. The van der Waals surface area contributed by atoms with E-state index in [4.69, 9.17) is 11.6 Å². The quantitative estimate of drug-likeness (QED) is 0.566. The van der Waals surface area contributed by atoms with Gasteiger partial charge in [-0.3, -0.25) is 14.2 Å².